The SMILES string of the molecule is NC(N)OC=O.c1ccc(Cc2ccccc2)cc1. The van der Waals surface area contributed by atoms with E-state index in [2.05, 4.69) is 65.4 Å². The number of carbonyl (C=O) groups excluding carboxylic acids is 1. The maximum atomic E-state index is 9.23. The van der Waals surface area contributed by atoms with E-state index in [4.69, 9.17) is 11.5 Å². The average Bonchev–Trinajstić information content (AvgIpc) is 2.41. The van der Waals surface area contributed by atoms with Gasteiger partial charge in [-0.1, -0.05) is 60.7 Å². The van der Waals surface area contributed by atoms with Crippen LogP contribution in [0.4, 0.5) is 0 Å². The second kappa shape index (κ2) is 8.85. The van der Waals surface area contributed by atoms with Crippen LogP contribution in [-0.4, -0.2) is 12.8 Å². The molecule has 0 aliphatic carbocycles. The van der Waals surface area contributed by atoms with Gasteiger partial charge in [0.05, 0.1) is 0 Å². The summed E-state index contributed by atoms with van der Waals surface area (Å²) in [6.45, 7) is 0.199. The van der Waals surface area contributed by atoms with Crippen molar-refractivity contribution in [1.29, 1.82) is 0 Å². The van der Waals surface area contributed by atoms with Gasteiger partial charge in [0.1, 0.15) is 0 Å². The molecule has 0 heterocycles. The third kappa shape index (κ3) is 6.98. The van der Waals surface area contributed by atoms with Crippen LogP contribution in [0.1, 0.15) is 11.1 Å². The van der Waals surface area contributed by atoms with Crippen molar-refractivity contribution in [3.05, 3.63) is 71.8 Å². The van der Waals surface area contributed by atoms with E-state index in [1.807, 2.05) is 0 Å². The molecule has 0 aromatic heterocycles. The first-order chi connectivity index (χ1) is 9.22. The molecule has 0 aliphatic heterocycles. The van der Waals surface area contributed by atoms with Crippen molar-refractivity contribution in [2.24, 2.45) is 11.5 Å². The maximum absolute atomic E-state index is 9.23. The summed E-state index contributed by atoms with van der Waals surface area (Å²) in [6, 6.07) is 21.1. The molecule has 100 valence electrons. The standard InChI is InChI=1S/C13H12.C2H6N2O2/c1-3-7-12(8-4-1)11-13-9-5-2-6-10-13;3-2(4)6-1-5/h1-10H,11H2;1-2H,3-4H2. The van der Waals surface area contributed by atoms with Crippen molar-refractivity contribution < 1.29 is 9.53 Å². The summed E-state index contributed by atoms with van der Waals surface area (Å²) in [5.74, 6) is 0. The van der Waals surface area contributed by atoms with E-state index in [1.54, 1.807) is 0 Å². The first-order valence-corrected chi connectivity index (χ1v) is 5.90. The summed E-state index contributed by atoms with van der Waals surface area (Å²) in [7, 11) is 0. The lowest BCUT2D eigenvalue weighted by Crippen LogP contribution is -2.32. The predicted molar refractivity (Wildman–Crippen MR) is 75.0 cm³/mol. The van der Waals surface area contributed by atoms with Crippen LogP contribution < -0.4 is 11.5 Å². The molecule has 0 aliphatic rings. The maximum Gasteiger partial charge on any atom is 0.295 e. The molecule has 0 radical (unpaired) electrons. The van der Waals surface area contributed by atoms with E-state index in [9.17, 15) is 4.79 Å². The molecule has 4 nitrogen and oxygen atoms in total. The molecule has 2 aromatic carbocycles. The number of benzene rings is 2. The van der Waals surface area contributed by atoms with Crippen molar-refractivity contribution in [3.63, 3.8) is 0 Å². The number of rotatable bonds is 4. The number of carbonyl (C=O) groups is 1. The minimum Gasteiger partial charge on any atom is -0.436 e. The number of ether oxygens (including phenoxy) is 1. The van der Waals surface area contributed by atoms with Crippen LogP contribution in [0, 0.1) is 0 Å². The number of nitrogens with two attached hydrogens (primary N) is 2. The van der Waals surface area contributed by atoms with Crippen LogP contribution in [0.25, 0.3) is 0 Å². The van der Waals surface area contributed by atoms with Crippen molar-refractivity contribution in [1.82, 2.24) is 0 Å². The zero-order valence-electron chi connectivity index (χ0n) is 10.6. The first-order valence-electron chi connectivity index (χ1n) is 5.90. The summed E-state index contributed by atoms with van der Waals surface area (Å²) < 4.78 is 3.92. The van der Waals surface area contributed by atoms with Gasteiger partial charge in [-0.3, -0.25) is 16.3 Å². The minimum absolute atomic E-state index is 0.199. The Kier molecular flexibility index (Phi) is 6.94. The van der Waals surface area contributed by atoms with E-state index in [0.29, 0.717) is 0 Å². The highest BCUT2D eigenvalue weighted by molar-refractivity contribution is 5.37. The topological polar surface area (TPSA) is 78.3 Å². The summed E-state index contributed by atoms with van der Waals surface area (Å²) >= 11 is 0. The van der Waals surface area contributed by atoms with E-state index in [-0.39, 0.29) is 6.47 Å². The largest absolute Gasteiger partial charge is 0.436 e. The lowest BCUT2D eigenvalue weighted by Gasteiger charge is -2.00. The van der Waals surface area contributed by atoms with Crippen LogP contribution in [0.15, 0.2) is 60.7 Å². The van der Waals surface area contributed by atoms with E-state index >= 15 is 0 Å². The van der Waals surface area contributed by atoms with Crippen LogP contribution >= 0.6 is 0 Å². The fourth-order valence-electron chi connectivity index (χ4n) is 1.49. The first kappa shape index (κ1) is 14.9. The Morgan fingerprint density at radius 1 is 0.895 bits per heavy atom. The molecule has 0 atom stereocenters. The van der Waals surface area contributed by atoms with Crippen molar-refractivity contribution in [2.75, 3.05) is 0 Å². The monoisotopic (exact) mass is 258 g/mol. The fraction of sp³-hybridized carbons (Fsp3) is 0.133. The minimum atomic E-state index is -0.970. The Balaban J connectivity index is 0.000000258. The van der Waals surface area contributed by atoms with Gasteiger partial charge < -0.3 is 4.74 Å². The third-order valence-electron chi connectivity index (χ3n) is 2.31. The molecule has 0 saturated heterocycles. The Morgan fingerprint density at radius 2 is 1.32 bits per heavy atom. The molecular formula is C15H18N2O2. The molecule has 0 unspecified atom stereocenters. The van der Waals surface area contributed by atoms with Crippen molar-refractivity contribution >= 4 is 6.47 Å². The van der Waals surface area contributed by atoms with E-state index in [0.717, 1.165) is 6.42 Å². The Labute approximate surface area is 113 Å². The highest BCUT2D eigenvalue weighted by Gasteiger charge is 1.92. The molecule has 4 N–H and O–H groups in total. The summed E-state index contributed by atoms with van der Waals surface area (Å²) in [5.41, 5.74) is 12.2. The lowest BCUT2D eigenvalue weighted by molar-refractivity contribution is -0.132. The van der Waals surface area contributed by atoms with Gasteiger partial charge in [0, 0.05) is 0 Å². The van der Waals surface area contributed by atoms with Gasteiger partial charge in [-0.25, -0.2) is 0 Å². The highest BCUT2D eigenvalue weighted by atomic mass is 16.5. The van der Waals surface area contributed by atoms with Gasteiger partial charge >= 0.3 is 0 Å². The van der Waals surface area contributed by atoms with E-state index in [1.165, 1.54) is 11.1 Å². The van der Waals surface area contributed by atoms with Crippen LogP contribution in [0.2, 0.25) is 0 Å². The second-order valence-corrected chi connectivity index (χ2v) is 3.84. The van der Waals surface area contributed by atoms with Gasteiger partial charge in [-0.15, -0.1) is 0 Å². The predicted octanol–water partition coefficient (Wildman–Crippen LogP) is 1.64. The zero-order valence-corrected chi connectivity index (χ0v) is 10.6. The third-order valence-corrected chi connectivity index (χ3v) is 2.31. The summed E-state index contributed by atoms with van der Waals surface area (Å²) in [4.78, 5) is 9.23. The molecule has 2 rings (SSSR count). The van der Waals surface area contributed by atoms with Crippen molar-refractivity contribution in [3.8, 4) is 0 Å². The molecule has 4 heteroatoms. The normalized spacial score (nSPS) is 9.42. The van der Waals surface area contributed by atoms with E-state index < -0.39 is 6.35 Å². The quantitative estimate of drug-likeness (QED) is 0.645. The van der Waals surface area contributed by atoms with Gasteiger partial charge in [0.25, 0.3) is 6.47 Å². The molecule has 19 heavy (non-hydrogen) atoms. The van der Waals surface area contributed by atoms with Crippen LogP contribution in [-0.2, 0) is 16.0 Å². The number of hydrogen-bond donors (Lipinski definition) is 2. The summed E-state index contributed by atoms with van der Waals surface area (Å²) in [5, 5.41) is 0. The van der Waals surface area contributed by atoms with Crippen LogP contribution in [0.3, 0.4) is 0 Å². The molecule has 0 spiro atoms. The van der Waals surface area contributed by atoms with Gasteiger partial charge in [-0.05, 0) is 17.5 Å². The van der Waals surface area contributed by atoms with Gasteiger partial charge in [0.15, 0.2) is 0 Å². The fourth-order valence-corrected chi connectivity index (χ4v) is 1.49. The second-order valence-electron chi connectivity index (χ2n) is 3.84. The smallest absolute Gasteiger partial charge is 0.295 e. The Hall–Kier alpha value is -2.17. The molecule has 0 saturated carbocycles. The molecule has 0 amide bonds. The van der Waals surface area contributed by atoms with Gasteiger partial charge in [0.2, 0.25) is 6.35 Å². The highest BCUT2D eigenvalue weighted by Crippen LogP contribution is 2.07. The van der Waals surface area contributed by atoms with Crippen molar-refractivity contribution in [2.45, 2.75) is 12.8 Å². The zero-order chi connectivity index (χ0) is 13.9. The molecular weight excluding hydrogens is 240 g/mol. The Morgan fingerprint density at radius 3 is 1.58 bits per heavy atom. The molecule has 0 fully saturated rings. The Bertz CT molecular complexity index is 421. The molecule has 2 aromatic rings. The van der Waals surface area contributed by atoms with Crippen LogP contribution in [0.5, 0.6) is 0 Å². The summed E-state index contributed by atoms with van der Waals surface area (Å²) in [6.07, 6.45) is 0.0595. The number of hydrogen-bond acceptors (Lipinski definition) is 4. The molecule has 0 bridgehead atoms. The average molecular weight is 258 g/mol. The lowest BCUT2D eigenvalue weighted by atomic mass is 10.1. The van der Waals surface area contributed by atoms with Gasteiger partial charge in [-0.2, -0.15) is 0 Å².